The minimum Gasteiger partial charge on any atom is -0.488 e. The van der Waals surface area contributed by atoms with Crippen LogP contribution in [0.15, 0.2) is 103 Å². The third-order valence-corrected chi connectivity index (χ3v) is 11.1. The van der Waals surface area contributed by atoms with Gasteiger partial charge in [0.1, 0.15) is 55.5 Å². The molecule has 4 aromatic carbocycles. The molecule has 0 amide bonds. The Bertz CT molecular complexity index is 2640. The van der Waals surface area contributed by atoms with Gasteiger partial charge in [-0.25, -0.2) is 0 Å². The Balaban J connectivity index is 1.19. The molecule has 6 rings (SSSR count). The van der Waals surface area contributed by atoms with Crippen molar-refractivity contribution in [2.45, 2.75) is 72.5 Å². The normalized spacial score (nSPS) is 12.2. The van der Waals surface area contributed by atoms with Crippen LogP contribution in [0.3, 0.4) is 0 Å². The van der Waals surface area contributed by atoms with Gasteiger partial charge in [-0.1, -0.05) is 59.6 Å². The molecule has 0 unspecified atom stereocenters. The fourth-order valence-electron chi connectivity index (χ4n) is 6.97. The average Bonchev–Trinajstić information content (AvgIpc) is 3.28. The second kappa shape index (κ2) is 22.3. The van der Waals surface area contributed by atoms with E-state index in [0.717, 1.165) is 50.1 Å². The minimum absolute atomic E-state index is 0.0176. The molecule has 0 saturated carbocycles. The van der Waals surface area contributed by atoms with Crippen LogP contribution in [0.25, 0.3) is 11.1 Å². The van der Waals surface area contributed by atoms with Gasteiger partial charge in [0.15, 0.2) is 6.61 Å². The summed E-state index contributed by atoms with van der Waals surface area (Å²) < 4.78 is 25.0. The molecule has 0 aliphatic rings. The maximum absolute atomic E-state index is 11.8. The van der Waals surface area contributed by atoms with E-state index in [1.54, 1.807) is 68.4 Å². The zero-order valence-corrected chi connectivity index (χ0v) is 37.3. The lowest BCUT2D eigenvalue weighted by molar-refractivity contribution is -0.142. The van der Waals surface area contributed by atoms with E-state index in [4.69, 9.17) is 52.7 Å². The molecule has 6 N–H and O–H groups in total. The molecule has 64 heavy (non-hydrogen) atoms. The standard InChI is InChI=1S/C49H49Cl2N5O8/c1-29-36(27-63-46-15-44(61-25-34-11-32(17-52)19-54-21-34)38(13-42(46)50)23-56-48(31(3)58)49(59)60)7-5-9-40(29)41-10-6-8-37(30(41)2)28-64-47-16-45(39(24-57)14-43(47)51)62-26-35-12-33(18-53-4)20-55-22-35/h5-22,31,48,52,56-58H,23-28H2,1-4H3,(H,59,60)/p+1/t31-,48-/m1/s1. The molecule has 0 saturated heterocycles. The van der Waals surface area contributed by atoms with E-state index in [-0.39, 0.29) is 44.6 Å². The third kappa shape index (κ3) is 12.0. The molecule has 13 nitrogen and oxygen atoms in total. The van der Waals surface area contributed by atoms with Crippen molar-refractivity contribution in [3.63, 3.8) is 0 Å². The molecule has 2 aromatic heterocycles. The van der Waals surface area contributed by atoms with Crippen molar-refractivity contribution < 1.29 is 39.1 Å². The Morgan fingerprint density at radius 1 is 0.750 bits per heavy atom. The van der Waals surface area contributed by atoms with Crippen molar-refractivity contribution in [3.8, 4) is 34.1 Å². The van der Waals surface area contributed by atoms with Crippen molar-refractivity contribution in [2.24, 2.45) is 4.99 Å². The Hall–Kier alpha value is -6.35. The average molecular weight is 908 g/mol. The van der Waals surface area contributed by atoms with E-state index in [0.29, 0.717) is 44.7 Å². The predicted molar refractivity (Wildman–Crippen MR) is 249 cm³/mol. The summed E-state index contributed by atoms with van der Waals surface area (Å²) in [7, 11) is 1.70. The Kier molecular flexibility index (Phi) is 16.4. The molecule has 332 valence electrons. The number of aromatic nitrogens is 2. The maximum atomic E-state index is 11.8. The zero-order chi connectivity index (χ0) is 45.8. The van der Waals surface area contributed by atoms with Crippen molar-refractivity contribution in [3.05, 3.63) is 163 Å². The number of benzene rings is 4. The Morgan fingerprint density at radius 2 is 1.25 bits per heavy atom. The number of nitrogens with zero attached hydrogens (tertiary/aromatic N) is 3. The smallest absolute Gasteiger partial charge is 0.323 e. The molecule has 0 aliphatic carbocycles. The lowest BCUT2D eigenvalue weighted by Crippen LogP contribution is -2.44. The summed E-state index contributed by atoms with van der Waals surface area (Å²) in [4.78, 5) is 24.3. The molecule has 2 heterocycles. The van der Waals surface area contributed by atoms with Crippen LogP contribution < -0.4 is 24.3 Å². The van der Waals surface area contributed by atoms with Crippen molar-refractivity contribution in [1.29, 1.82) is 5.41 Å². The van der Waals surface area contributed by atoms with E-state index in [1.165, 1.54) is 13.1 Å². The number of aliphatic imine (C=N–C) groups is 1. The number of hydrogen-bond donors (Lipinski definition) is 4. The number of carbonyl (C=O) groups is 1. The number of nitrogens with one attached hydrogen (secondary N) is 2. The van der Waals surface area contributed by atoms with Gasteiger partial charge in [-0.15, -0.1) is 0 Å². The van der Waals surface area contributed by atoms with Crippen molar-refractivity contribution >= 4 is 41.6 Å². The first-order valence-electron chi connectivity index (χ1n) is 20.3. The topological polar surface area (TPSA) is 191 Å². The van der Waals surface area contributed by atoms with E-state index in [2.05, 4.69) is 39.3 Å². The number of aliphatic carboxylic acids is 1. The van der Waals surface area contributed by atoms with Crippen LogP contribution in [-0.2, 0) is 44.4 Å². The van der Waals surface area contributed by atoms with E-state index >= 15 is 0 Å². The number of hydrogen-bond acceptors (Lipinski definition) is 11. The van der Waals surface area contributed by atoms with Gasteiger partial charge in [0.25, 0.3) is 0 Å². The number of halogens is 2. The number of carboxylic acid groups (broad SMARTS) is 1. The fraction of sp³-hybridized carbons (Fsp3) is 0.245. The van der Waals surface area contributed by atoms with Crippen molar-refractivity contribution in [1.82, 2.24) is 15.3 Å². The first-order valence-corrected chi connectivity index (χ1v) is 21.1. The van der Waals surface area contributed by atoms with Crippen LogP contribution >= 0.6 is 23.2 Å². The number of carboxylic acids is 1. The molecule has 2 atom stereocenters. The number of aliphatic hydroxyl groups is 1. The second-order valence-electron chi connectivity index (χ2n) is 15.0. The van der Waals surface area contributed by atoms with Gasteiger partial charge < -0.3 is 39.7 Å². The quantitative estimate of drug-likeness (QED) is 0.0402. The van der Waals surface area contributed by atoms with Gasteiger partial charge >= 0.3 is 5.97 Å². The number of ether oxygens (including phenoxy) is 4. The first-order chi connectivity index (χ1) is 30.9. The van der Waals surface area contributed by atoms with Crippen LogP contribution in [0.5, 0.6) is 23.0 Å². The molecule has 0 fully saturated rings. The summed E-state index contributed by atoms with van der Waals surface area (Å²) in [6.45, 7) is 6.27. The molecule has 0 spiro atoms. The zero-order valence-electron chi connectivity index (χ0n) is 35.8. The summed E-state index contributed by atoms with van der Waals surface area (Å²) in [6.07, 6.45) is 8.43. The van der Waals surface area contributed by atoms with E-state index in [9.17, 15) is 15.0 Å². The Labute approximate surface area is 381 Å². The van der Waals surface area contributed by atoms with E-state index < -0.39 is 18.1 Å². The van der Waals surface area contributed by atoms with Crippen molar-refractivity contribution in [2.75, 3.05) is 7.05 Å². The first kappa shape index (κ1) is 47.1. The predicted octanol–water partition coefficient (Wildman–Crippen LogP) is 8.58. The highest BCUT2D eigenvalue weighted by atomic mass is 35.5. The second-order valence-corrected chi connectivity index (χ2v) is 15.8. The number of aliphatic hydroxyl groups excluding tert-OH is 1. The summed E-state index contributed by atoms with van der Waals surface area (Å²) in [5.41, 5.74) is 10.2. The SMILES string of the molecule is CN=Cc1cncc(COc2cc(OCc3cccc(-c4cccc(COc5cc(OCc6cncc(C=N)c6)c(CN[C@@H](C(=O)O)[C@@H](C)O)cc5Cl)c4C)c3C)c(Cl)cc2C[OH2+])c1. The largest absolute Gasteiger partial charge is 0.488 e. The molecule has 0 aliphatic heterocycles. The lowest BCUT2D eigenvalue weighted by atomic mass is 9.92. The third-order valence-electron chi connectivity index (χ3n) is 10.5. The van der Waals surface area contributed by atoms with Gasteiger partial charge in [-0.2, -0.15) is 0 Å². The molecule has 0 radical (unpaired) electrons. The molecule has 15 heteroatoms. The summed E-state index contributed by atoms with van der Waals surface area (Å²) >= 11 is 13.4. The van der Waals surface area contributed by atoms with Crippen LogP contribution in [0.4, 0.5) is 0 Å². The van der Waals surface area contributed by atoms with Crippen LogP contribution in [0.1, 0.15) is 62.6 Å². The van der Waals surface area contributed by atoms with Crippen LogP contribution in [0.2, 0.25) is 10.0 Å². The van der Waals surface area contributed by atoms with Gasteiger partial charge in [0.05, 0.1) is 21.7 Å². The van der Waals surface area contributed by atoms with E-state index in [1.807, 2.05) is 37.3 Å². The monoisotopic (exact) mass is 906 g/mol. The highest BCUT2D eigenvalue weighted by molar-refractivity contribution is 6.32. The fourth-order valence-corrected chi connectivity index (χ4v) is 7.45. The maximum Gasteiger partial charge on any atom is 0.323 e. The van der Waals surface area contributed by atoms with Crippen LogP contribution in [-0.4, -0.2) is 62.9 Å². The highest BCUT2D eigenvalue weighted by Gasteiger charge is 2.24. The highest BCUT2D eigenvalue weighted by Crippen LogP contribution is 2.37. The Morgan fingerprint density at radius 3 is 1.75 bits per heavy atom. The van der Waals surface area contributed by atoms with Gasteiger partial charge in [0.2, 0.25) is 0 Å². The molecular weight excluding hydrogens is 857 g/mol. The van der Waals surface area contributed by atoms with Gasteiger partial charge in [0, 0.05) is 90.8 Å². The van der Waals surface area contributed by atoms with Gasteiger partial charge in [-0.05, 0) is 78.4 Å². The molecule has 0 bridgehead atoms. The lowest BCUT2D eigenvalue weighted by Gasteiger charge is -2.20. The summed E-state index contributed by atoms with van der Waals surface area (Å²) in [5.74, 6) is 0.494. The van der Waals surface area contributed by atoms with Crippen LogP contribution in [0, 0.1) is 19.3 Å². The number of pyridine rings is 2. The summed E-state index contributed by atoms with van der Waals surface area (Å²) in [6, 6.07) is 21.4. The molecule has 6 aromatic rings. The number of rotatable bonds is 21. The van der Waals surface area contributed by atoms with Gasteiger partial charge in [-0.3, -0.25) is 25.1 Å². The molecular formula is C49H50Cl2N5O8+. The minimum atomic E-state index is -1.22. The summed E-state index contributed by atoms with van der Waals surface area (Å²) in [5, 5.41) is 38.9.